The molecule has 2 aromatic rings. The van der Waals surface area contributed by atoms with Crippen LogP contribution in [0.4, 0.5) is 0 Å². The summed E-state index contributed by atoms with van der Waals surface area (Å²) >= 11 is 4.65. The Morgan fingerprint density at radius 1 is 1.39 bits per heavy atom. The Hall–Kier alpha value is -1.58. The summed E-state index contributed by atoms with van der Waals surface area (Å²) < 4.78 is 0.819. The first-order chi connectivity index (χ1) is 8.56. The van der Waals surface area contributed by atoms with Crippen molar-refractivity contribution in [3.8, 4) is 6.07 Å². The van der Waals surface area contributed by atoms with E-state index >= 15 is 0 Å². The minimum absolute atomic E-state index is 0.180. The van der Waals surface area contributed by atoms with Crippen LogP contribution in [0.1, 0.15) is 11.3 Å². The molecule has 0 saturated heterocycles. The molecule has 6 heteroatoms. The molecule has 2 rings (SSSR count). The van der Waals surface area contributed by atoms with Crippen LogP contribution in [0.2, 0.25) is 0 Å². The predicted octanol–water partition coefficient (Wildman–Crippen LogP) is 2.86. The van der Waals surface area contributed by atoms with E-state index in [-0.39, 0.29) is 5.56 Å². The predicted molar refractivity (Wildman–Crippen MR) is 72.6 cm³/mol. The van der Waals surface area contributed by atoms with Crippen molar-refractivity contribution < 1.29 is 0 Å². The van der Waals surface area contributed by atoms with Crippen LogP contribution in [0, 0.1) is 18.3 Å². The van der Waals surface area contributed by atoms with Gasteiger partial charge in [-0.25, -0.2) is 4.98 Å². The lowest BCUT2D eigenvalue weighted by molar-refractivity contribution is 0.905. The van der Waals surface area contributed by atoms with Crippen molar-refractivity contribution in [2.45, 2.75) is 17.0 Å². The van der Waals surface area contributed by atoms with Gasteiger partial charge >= 0.3 is 0 Å². The van der Waals surface area contributed by atoms with Gasteiger partial charge in [-0.2, -0.15) is 5.26 Å². The number of benzene rings is 1. The van der Waals surface area contributed by atoms with Crippen LogP contribution in [0.15, 0.2) is 43.6 Å². The van der Waals surface area contributed by atoms with Crippen LogP contribution in [0.5, 0.6) is 0 Å². The Balaban J connectivity index is 2.37. The van der Waals surface area contributed by atoms with E-state index in [1.807, 2.05) is 6.07 Å². The molecule has 0 unspecified atom stereocenters. The number of aromatic nitrogens is 2. The molecular formula is C12H8BrN3OS. The summed E-state index contributed by atoms with van der Waals surface area (Å²) in [5, 5.41) is 9.40. The lowest BCUT2D eigenvalue weighted by atomic mass is 10.2. The van der Waals surface area contributed by atoms with Gasteiger partial charge in [-0.05, 0) is 25.1 Å². The number of halogens is 1. The molecule has 4 nitrogen and oxygen atoms in total. The van der Waals surface area contributed by atoms with Crippen molar-refractivity contribution in [1.82, 2.24) is 9.97 Å². The number of aryl methyl sites for hydroxylation is 1. The van der Waals surface area contributed by atoms with Crippen LogP contribution < -0.4 is 5.56 Å². The Morgan fingerprint density at radius 3 is 2.83 bits per heavy atom. The molecule has 1 aromatic carbocycles. The number of nitrogens with one attached hydrogen (secondary N) is 1. The van der Waals surface area contributed by atoms with Crippen LogP contribution in [-0.4, -0.2) is 9.97 Å². The minimum atomic E-state index is -0.180. The first-order valence-electron chi connectivity index (χ1n) is 5.03. The van der Waals surface area contributed by atoms with Gasteiger partial charge < -0.3 is 4.98 Å². The molecule has 0 aliphatic rings. The zero-order valence-corrected chi connectivity index (χ0v) is 11.8. The summed E-state index contributed by atoms with van der Waals surface area (Å²) in [4.78, 5) is 19.0. The largest absolute Gasteiger partial charge is 0.301 e. The molecule has 0 saturated carbocycles. The van der Waals surface area contributed by atoms with E-state index in [1.54, 1.807) is 19.1 Å². The monoisotopic (exact) mass is 321 g/mol. The van der Waals surface area contributed by atoms with E-state index in [1.165, 1.54) is 17.8 Å². The fraction of sp³-hybridized carbons (Fsp3) is 0.0833. The summed E-state index contributed by atoms with van der Waals surface area (Å²) in [6.07, 6.45) is 0. The maximum absolute atomic E-state index is 11.3. The molecule has 1 heterocycles. The summed E-state index contributed by atoms with van der Waals surface area (Å²) in [5.74, 6) is 0. The van der Waals surface area contributed by atoms with E-state index in [4.69, 9.17) is 5.26 Å². The number of hydrogen-bond donors (Lipinski definition) is 1. The second-order valence-electron chi connectivity index (χ2n) is 3.58. The highest BCUT2D eigenvalue weighted by atomic mass is 79.9. The van der Waals surface area contributed by atoms with Gasteiger partial charge in [0.2, 0.25) is 0 Å². The van der Waals surface area contributed by atoms with Gasteiger partial charge in [0.25, 0.3) is 5.56 Å². The van der Waals surface area contributed by atoms with Crippen molar-refractivity contribution in [1.29, 1.82) is 5.26 Å². The van der Waals surface area contributed by atoms with Gasteiger partial charge in [0.15, 0.2) is 5.16 Å². The third kappa shape index (κ3) is 3.22. The lowest BCUT2D eigenvalue weighted by Crippen LogP contribution is -2.07. The number of hydrogen-bond acceptors (Lipinski definition) is 4. The van der Waals surface area contributed by atoms with Gasteiger partial charge in [0.1, 0.15) is 0 Å². The molecular weight excluding hydrogens is 314 g/mol. The van der Waals surface area contributed by atoms with E-state index in [2.05, 4.69) is 32.0 Å². The maximum atomic E-state index is 11.3. The van der Waals surface area contributed by atoms with Gasteiger partial charge in [-0.15, -0.1) is 0 Å². The first kappa shape index (κ1) is 12.9. The van der Waals surface area contributed by atoms with Crippen LogP contribution in [0.3, 0.4) is 0 Å². The van der Waals surface area contributed by atoms with Gasteiger partial charge in [0, 0.05) is 21.1 Å². The highest BCUT2D eigenvalue weighted by molar-refractivity contribution is 9.10. The zero-order valence-electron chi connectivity index (χ0n) is 9.40. The van der Waals surface area contributed by atoms with Crippen LogP contribution in [-0.2, 0) is 0 Å². The molecule has 0 bridgehead atoms. The summed E-state index contributed by atoms with van der Waals surface area (Å²) in [6.45, 7) is 1.76. The average Bonchev–Trinajstić information content (AvgIpc) is 2.26. The average molecular weight is 322 g/mol. The summed E-state index contributed by atoms with van der Waals surface area (Å²) in [5.41, 5.74) is 1.04. The molecule has 1 N–H and O–H groups in total. The number of nitriles is 1. The van der Waals surface area contributed by atoms with E-state index in [0.717, 1.165) is 9.37 Å². The van der Waals surface area contributed by atoms with Crippen molar-refractivity contribution in [2.75, 3.05) is 0 Å². The summed E-state index contributed by atoms with van der Waals surface area (Å²) in [7, 11) is 0. The van der Waals surface area contributed by atoms with Crippen molar-refractivity contribution in [3.05, 3.63) is 50.3 Å². The normalized spacial score (nSPS) is 10.1. The number of H-pyrrole nitrogens is 1. The second kappa shape index (κ2) is 5.38. The molecule has 0 aliphatic carbocycles. The lowest BCUT2D eigenvalue weighted by Gasteiger charge is -2.03. The molecule has 0 atom stereocenters. The number of nitrogens with zero attached hydrogens (tertiary/aromatic N) is 2. The third-order valence-electron chi connectivity index (χ3n) is 2.06. The van der Waals surface area contributed by atoms with Gasteiger partial charge in [-0.1, -0.05) is 27.7 Å². The fourth-order valence-electron chi connectivity index (χ4n) is 1.40. The Morgan fingerprint density at radius 2 is 2.17 bits per heavy atom. The second-order valence-corrected chi connectivity index (χ2v) is 5.56. The highest BCUT2D eigenvalue weighted by Gasteiger charge is 2.04. The van der Waals surface area contributed by atoms with Crippen molar-refractivity contribution in [2.24, 2.45) is 0 Å². The zero-order chi connectivity index (χ0) is 13.1. The minimum Gasteiger partial charge on any atom is -0.301 e. The fourth-order valence-corrected chi connectivity index (χ4v) is 2.98. The molecule has 0 spiro atoms. The molecule has 0 amide bonds. The third-order valence-corrected chi connectivity index (χ3v) is 3.38. The van der Waals surface area contributed by atoms with Crippen molar-refractivity contribution in [3.63, 3.8) is 0 Å². The molecule has 0 radical (unpaired) electrons. The quantitative estimate of drug-likeness (QED) is 0.863. The molecule has 18 heavy (non-hydrogen) atoms. The topological polar surface area (TPSA) is 69.5 Å². The molecule has 1 aromatic heterocycles. The van der Waals surface area contributed by atoms with E-state index < -0.39 is 0 Å². The van der Waals surface area contributed by atoms with E-state index in [0.29, 0.717) is 16.4 Å². The first-order valence-corrected chi connectivity index (χ1v) is 6.64. The van der Waals surface area contributed by atoms with Gasteiger partial charge in [0.05, 0.1) is 11.6 Å². The maximum Gasteiger partial charge on any atom is 0.251 e. The Kier molecular flexibility index (Phi) is 3.84. The van der Waals surface area contributed by atoms with Gasteiger partial charge in [-0.3, -0.25) is 4.79 Å². The number of aromatic amines is 1. The van der Waals surface area contributed by atoms with Crippen LogP contribution >= 0.6 is 27.7 Å². The van der Waals surface area contributed by atoms with E-state index in [9.17, 15) is 4.79 Å². The van der Waals surface area contributed by atoms with Crippen molar-refractivity contribution >= 4 is 27.7 Å². The number of rotatable bonds is 2. The summed E-state index contributed by atoms with van der Waals surface area (Å²) in [6, 6.07) is 8.87. The highest BCUT2D eigenvalue weighted by Crippen LogP contribution is 2.27. The van der Waals surface area contributed by atoms with Crippen LogP contribution in [0.25, 0.3) is 0 Å². The molecule has 0 aliphatic heterocycles. The molecule has 90 valence electrons. The Bertz CT molecular complexity index is 690. The molecule has 0 fully saturated rings. The standard InChI is InChI=1S/C12H8BrN3OS/c1-7-2-11(17)16-12(15-7)18-10-4-8(6-14)3-9(13)5-10/h2-5H,1H3,(H,15,16,17). The smallest absolute Gasteiger partial charge is 0.251 e. The SMILES string of the molecule is Cc1cc(=O)[nH]c(Sc2cc(Br)cc(C#N)c2)n1. The Labute approximate surface area is 116 Å².